The maximum absolute atomic E-state index is 12.4. The summed E-state index contributed by atoms with van der Waals surface area (Å²) in [7, 11) is 0. The minimum Gasteiger partial charge on any atom is -0.427 e. The van der Waals surface area contributed by atoms with Gasteiger partial charge in [-0.3, -0.25) is 0 Å². The number of benzene rings is 1. The minimum absolute atomic E-state index is 0.0199. The molecule has 0 fully saturated rings. The van der Waals surface area contributed by atoms with Crippen LogP contribution in [0.25, 0.3) is 0 Å². The molecular formula is C18H22N2O2. The number of rotatable bonds is 6. The molecule has 4 heteroatoms. The van der Waals surface area contributed by atoms with Crippen molar-refractivity contribution in [2.75, 3.05) is 0 Å². The van der Waals surface area contributed by atoms with Gasteiger partial charge in [0.15, 0.2) is 0 Å². The van der Waals surface area contributed by atoms with E-state index in [2.05, 4.69) is 4.98 Å². The van der Waals surface area contributed by atoms with Crippen LogP contribution in [0.3, 0.4) is 0 Å². The second-order valence-corrected chi connectivity index (χ2v) is 5.09. The third-order valence-electron chi connectivity index (χ3n) is 3.58. The summed E-state index contributed by atoms with van der Waals surface area (Å²) < 4.78 is 7.32. The van der Waals surface area contributed by atoms with Gasteiger partial charge in [0.1, 0.15) is 11.5 Å². The van der Waals surface area contributed by atoms with Crippen LogP contribution in [0.2, 0.25) is 0 Å². The third-order valence-corrected chi connectivity index (χ3v) is 3.58. The number of hydrogen-bond donors (Lipinski definition) is 0. The second kappa shape index (κ2) is 7.59. The highest BCUT2D eigenvalue weighted by atomic mass is 16.5. The Morgan fingerprint density at radius 2 is 2.05 bits per heavy atom. The average molecular weight is 298 g/mol. The Hall–Kier alpha value is -2.36. The molecule has 0 aliphatic carbocycles. The van der Waals surface area contributed by atoms with Crippen LogP contribution in [0, 0.1) is 0 Å². The maximum atomic E-state index is 12.4. The lowest BCUT2D eigenvalue weighted by Crippen LogP contribution is -2.15. The molecule has 22 heavy (non-hydrogen) atoms. The summed E-state index contributed by atoms with van der Waals surface area (Å²) in [4.78, 5) is 16.5. The van der Waals surface area contributed by atoms with Gasteiger partial charge in [-0.2, -0.15) is 0 Å². The Morgan fingerprint density at radius 3 is 2.68 bits per heavy atom. The Balaban J connectivity index is 2.22. The summed E-state index contributed by atoms with van der Waals surface area (Å²) in [5.74, 6) is 0.342. The van der Waals surface area contributed by atoms with Crippen molar-refractivity contribution in [2.45, 2.75) is 39.7 Å². The standard InChI is InChI=1S/C18H22N2O2/c1-4-9-16(5-2)22-18(21)17-12-19-13-20(17)14(3)15-10-7-6-8-11-15/h6-14H,4-5H2,1-3H3/b16-9+/t14-/m1/s1. The van der Waals surface area contributed by atoms with E-state index < -0.39 is 0 Å². The molecule has 0 amide bonds. The first kappa shape index (κ1) is 16.0. The van der Waals surface area contributed by atoms with E-state index in [1.54, 1.807) is 12.5 Å². The van der Waals surface area contributed by atoms with Crippen molar-refractivity contribution < 1.29 is 9.53 Å². The minimum atomic E-state index is -0.359. The Morgan fingerprint density at radius 1 is 1.32 bits per heavy atom. The van der Waals surface area contributed by atoms with E-state index in [1.807, 2.05) is 61.7 Å². The van der Waals surface area contributed by atoms with E-state index in [-0.39, 0.29) is 12.0 Å². The molecule has 2 aromatic rings. The molecule has 1 aromatic carbocycles. The van der Waals surface area contributed by atoms with Crippen molar-refractivity contribution in [3.8, 4) is 0 Å². The van der Waals surface area contributed by atoms with Gasteiger partial charge in [0.2, 0.25) is 0 Å². The van der Waals surface area contributed by atoms with E-state index in [0.29, 0.717) is 17.9 Å². The van der Waals surface area contributed by atoms with Gasteiger partial charge < -0.3 is 9.30 Å². The molecule has 0 radical (unpaired) electrons. The number of aromatic nitrogens is 2. The van der Waals surface area contributed by atoms with Gasteiger partial charge in [0, 0.05) is 6.42 Å². The van der Waals surface area contributed by atoms with Crippen LogP contribution >= 0.6 is 0 Å². The molecule has 0 aliphatic rings. The number of carbonyl (C=O) groups excluding carboxylic acids is 1. The molecule has 0 saturated heterocycles. The SMILES string of the molecule is CC/C=C(\CC)OC(=O)c1cncn1[C@H](C)c1ccccc1. The third kappa shape index (κ3) is 3.64. The fraction of sp³-hybridized carbons (Fsp3) is 0.333. The van der Waals surface area contributed by atoms with Crippen molar-refractivity contribution in [2.24, 2.45) is 0 Å². The lowest BCUT2D eigenvalue weighted by atomic mass is 10.1. The molecular weight excluding hydrogens is 276 g/mol. The van der Waals surface area contributed by atoms with Crippen LogP contribution in [0.5, 0.6) is 0 Å². The fourth-order valence-electron chi connectivity index (χ4n) is 2.32. The first-order chi connectivity index (χ1) is 10.7. The number of nitrogens with zero attached hydrogens (tertiary/aromatic N) is 2. The van der Waals surface area contributed by atoms with Crippen LogP contribution in [-0.2, 0) is 4.74 Å². The second-order valence-electron chi connectivity index (χ2n) is 5.09. The first-order valence-corrected chi connectivity index (χ1v) is 7.65. The summed E-state index contributed by atoms with van der Waals surface area (Å²) in [6.07, 6.45) is 6.70. The van der Waals surface area contributed by atoms with Gasteiger partial charge >= 0.3 is 5.97 Å². The highest BCUT2D eigenvalue weighted by Gasteiger charge is 2.19. The number of allylic oxidation sites excluding steroid dienone is 2. The maximum Gasteiger partial charge on any atom is 0.361 e. The van der Waals surface area contributed by atoms with Crippen molar-refractivity contribution in [3.05, 3.63) is 65.9 Å². The number of ether oxygens (including phenoxy) is 1. The normalized spacial score (nSPS) is 13.0. The summed E-state index contributed by atoms with van der Waals surface area (Å²) in [6, 6.07) is 10.0. The van der Waals surface area contributed by atoms with Crippen molar-refractivity contribution in [1.82, 2.24) is 9.55 Å². The number of esters is 1. The largest absolute Gasteiger partial charge is 0.427 e. The number of hydrogen-bond acceptors (Lipinski definition) is 3. The molecule has 1 heterocycles. The van der Waals surface area contributed by atoms with Gasteiger partial charge in [0.05, 0.1) is 18.6 Å². The zero-order valence-electron chi connectivity index (χ0n) is 13.3. The summed E-state index contributed by atoms with van der Waals surface area (Å²) in [6.45, 7) is 6.03. The van der Waals surface area contributed by atoms with Crippen LogP contribution in [0.1, 0.15) is 55.7 Å². The van der Waals surface area contributed by atoms with Crippen molar-refractivity contribution in [1.29, 1.82) is 0 Å². The molecule has 1 atom stereocenters. The quantitative estimate of drug-likeness (QED) is 0.588. The predicted octanol–water partition coefficient (Wildman–Crippen LogP) is 4.35. The molecule has 4 nitrogen and oxygen atoms in total. The van der Waals surface area contributed by atoms with Crippen LogP contribution in [0.15, 0.2) is 54.7 Å². The average Bonchev–Trinajstić information content (AvgIpc) is 3.04. The van der Waals surface area contributed by atoms with E-state index in [0.717, 1.165) is 12.0 Å². The van der Waals surface area contributed by atoms with Crippen LogP contribution in [0.4, 0.5) is 0 Å². The summed E-state index contributed by atoms with van der Waals surface area (Å²) >= 11 is 0. The van der Waals surface area contributed by atoms with Gasteiger partial charge in [-0.25, -0.2) is 9.78 Å². The molecule has 0 N–H and O–H groups in total. The summed E-state index contributed by atoms with van der Waals surface area (Å²) in [5.41, 5.74) is 1.58. The molecule has 116 valence electrons. The van der Waals surface area contributed by atoms with Gasteiger partial charge in [-0.05, 0) is 25.0 Å². The lowest BCUT2D eigenvalue weighted by molar-refractivity contribution is 0.0601. The zero-order valence-corrected chi connectivity index (χ0v) is 13.3. The predicted molar refractivity (Wildman–Crippen MR) is 86.6 cm³/mol. The van der Waals surface area contributed by atoms with Crippen LogP contribution < -0.4 is 0 Å². The molecule has 0 unspecified atom stereocenters. The van der Waals surface area contributed by atoms with E-state index in [4.69, 9.17) is 4.74 Å². The van der Waals surface area contributed by atoms with Crippen molar-refractivity contribution in [3.63, 3.8) is 0 Å². The summed E-state index contributed by atoms with van der Waals surface area (Å²) in [5, 5.41) is 0. The van der Waals surface area contributed by atoms with E-state index in [1.165, 1.54) is 0 Å². The molecule has 0 spiro atoms. The van der Waals surface area contributed by atoms with Crippen LogP contribution in [-0.4, -0.2) is 15.5 Å². The lowest BCUT2D eigenvalue weighted by Gasteiger charge is -2.16. The van der Waals surface area contributed by atoms with E-state index >= 15 is 0 Å². The molecule has 2 rings (SSSR count). The molecule has 1 aromatic heterocycles. The Labute approximate surface area is 131 Å². The first-order valence-electron chi connectivity index (χ1n) is 7.65. The smallest absolute Gasteiger partial charge is 0.361 e. The van der Waals surface area contributed by atoms with Crippen molar-refractivity contribution >= 4 is 5.97 Å². The van der Waals surface area contributed by atoms with E-state index in [9.17, 15) is 4.79 Å². The highest BCUT2D eigenvalue weighted by Crippen LogP contribution is 2.20. The number of imidazole rings is 1. The topological polar surface area (TPSA) is 44.1 Å². The zero-order chi connectivity index (χ0) is 15.9. The van der Waals surface area contributed by atoms with Gasteiger partial charge in [-0.15, -0.1) is 0 Å². The molecule has 0 aliphatic heterocycles. The van der Waals surface area contributed by atoms with Gasteiger partial charge in [-0.1, -0.05) is 44.2 Å². The number of carbonyl (C=O) groups is 1. The van der Waals surface area contributed by atoms with Gasteiger partial charge in [0.25, 0.3) is 0 Å². The molecule has 0 saturated carbocycles. The highest BCUT2D eigenvalue weighted by molar-refractivity contribution is 5.88. The molecule has 0 bridgehead atoms. The monoisotopic (exact) mass is 298 g/mol. The Kier molecular flexibility index (Phi) is 5.53. The Bertz CT molecular complexity index is 644. The fourth-order valence-corrected chi connectivity index (χ4v) is 2.32.